The van der Waals surface area contributed by atoms with Crippen molar-refractivity contribution >= 4 is 0 Å². The molecule has 0 spiro atoms. The summed E-state index contributed by atoms with van der Waals surface area (Å²) in [6.45, 7) is 0. The van der Waals surface area contributed by atoms with Gasteiger partial charge in [0.2, 0.25) is 0 Å². The van der Waals surface area contributed by atoms with Gasteiger partial charge in [0.1, 0.15) is 0 Å². The van der Waals surface area contributed by atoms with Crippen molar-refractivity contribution in [2.24, 2.45) is 0 Å². The summed E-state index contributed by atoms with van der Waals surface area (Å²) in [5.41, 5.74) is 0. The zero-order valence-corrected chi connectivity index (χ0v) is 12.7. The van der Waals surface area contributed by atoms with Gasteiger partial charge in [-0.1, -0.05) is 0 Å². The predicted octanol–water partition coefficient (Wildman–Crippen LogP) is 4.28. The molecule has 0 saturated heterocycles. The quantitative estimate of drug-likeness (QED) is 0.637. The van der Waals surface area contributed by atoms with Gasteiger partial charge in [0, 0.05) is 0 Å². The fourth-order valence-electron chi connectivity index (χ4n) is 1.02. The average Bonchev–Trinajstić information content (AvgIpc) is 3.03. The van der Waals surface area contributed by atoms with Crippen molar-refractivity contribution in [3.63, 3.8) is 0 Å². The number of allylic oxidation sites excluding steroid dienone is 4. The molecule has 0 amide bonds. The molecule has 0 unspecified atom stereocenters. The van der Waals surface area contributed by atoms with Crippen molar-refractivity contribution in [2.45, 2.75) is 6.42 Å². The molecule has 2 aromatic carbocycles. The van der Waals surface area contributed by atoms with Gasteiger partial charge >= 0.3 is 26.2 Å². The van der Waals surface area contributed by atoms with Gasteiger partial charge in [-0.2, -0.15) is 78.9 Å². The van der Waals surface area contributed by atoms with E-state index in [0.717, 1.165) is 6.42 Å². The van der Waals surface area contributed by atoms with Gasteiger partial charge in [-0.05, 0) is 0 Å². The Hall–Kier alpha value is -1.20. The third kappa shape index (κ3) is 11.3. The van der Waals surface area contributed by atoms with Crippen LogP contribution >= 0.6 is 0 Å². The average molecular weight is 311 g/mol. The van der Waals surface area contributed by atoms with E-state index in [9.17, 15) is 0 Å². The summed E-state index contributed by atoms with van der Waals surface area (Å²) in [6, 6.07) is 25.0. The van der Waals surface area contributed by atoms with Gasteiger partial charge < -0.3 is 0 Å². The first kappa shape index (κ1) is 16.8. The standard InChI is InChI=1S/2C6H5.C5H5.Zr/c2*1-2-4-6-5-3-1;1-2-4-5-3-1;/h2*1-5H;1-3H,4H2;/q3*-1;+3. The molecule has 0 heterocycles. The minimum Gasteiger partial charge on any atom is -0.273 e. The maximum absolute atomic E-state index is 2.99. The second-order valence-electron chi connectivity index (χ2n) is 3.16. The maximum atomic E-state index is 2.99. The second kappa shape index (κ2) is 13.9. The van der Waals surface area contributed by atoms with Crippen molar-refractivity contribution in [3.8, 4) is 0 Å². The molecule has 0 aromatic heterocycles. The van der Waals surface area contributed by atoms with Crippen molar-refractivity contribution in [1.82, 2.24) is 0 Å². The first-order chi connectivity index (χ1) is 8.50. The van der Waals surface area contributed by atoms with E-state index in [2.05, 4.69) is 24.3 Å². The van der Waals surface area contributed by atoms with Crippen molar-refractivity contribution in [3.05, 3.63) is 97.1 Å². The van der Waals surface area contributed by atoms with Crippen LogP contribution in [0, 0.1) is 18.2 Å². The third-order valence-corrected chi connectivity index (χ3v) is 1.80. The van der Waals surface area contributed by atoms with E-state index in [-0.39, 0.29) is 26.2 Å². The van der Waals surface area contributed by atoms with E-state index in [1.54, 1.807) is 0 Å². The normalized spacial score (nSPS) is 10.2. The van der Waals surface area contributed by atoms with E-state index in [0.29, 0.717) is 0 Å². The van der Waals surface area contributed by atoms with Crippen LogP contribution in [0.15, 0.2) is 78.9 Å². The summed E-state index contributed by atoms with van der Waals surface area (Å²) in [7, 11) is 0. The Bertz CT molecular complexity index is 309. The molecule has 0 saturated carbocycles. The predicted molar refractivity (Wildman–Crippen MR) is 72.1 cm³/mol. The maximum Gasteiger partial charge on any atom is 3.00 e. The molecule has 87 valence electrons. The van der Waals surface area contributed by atoms with Crippen LogP contribution in [0.5, 0.6) is 0 Å². The van der Waals surface area contributed by atoms with Crippen LogP contribution in [0.3, 0.4) is 0 Å². The first-order valence-electron chi connectivity index (χ1n) is 5.54. The molecule has 0 nitrogen and oxygen atoms in total. The van der Waals surface area contributed by atoms with Gasteiger partial charge in [0.15, 0.2) is 0 Å². The number of hydrogen-bond acceptors (Lipinski definition) is 0. The molecule has 0 atom stereocenters. The minimum absolute atomic E-state index is 0. The van der Waals surface area contributed by atoms with E-state index < -0.39 is 0 Å². The van der Waals surface area contributed by atoms with Crippen molar-refractivity contribution < 1.29 is 26.2 Å². The van der Waals surface area contributed by atoms with Crippen LogP contribution in [-0.4, -0.2) is 0 Å². The SMILES string of the molecule is [C-]1=CC=CC1.[Zr+3].[c-]1ccccc1.[c-]1ccccc1. The zero-order chi connectivity index (χ0) is 12.0. The van der Waals surface area contributed by atoms with Gasteiger partial charge in [0.25, 0.3) is 0 Å². The topological polar surface area (TPSA) is 0 Å². The number of rotatable bonds is 0. The van der Waals surface area contributed by atoms with Crippen molar-refractivity contribution in [2.75, 3.05) is 0 Å². The largest absolute Gasteiger partial charge is 3.00 e. The molecule has 1 aliphatic carbocycles. The first-order valence-corrected chi connectivity index (χ1v) is 5.54. The van der Waals surface area contributed by atoms with E-state index >= 15 is 0 Å². The van der Waals surface area contributed by atoms with Crippen LogP contribution < -0.4 is 0 Å². The van der Waals surface area contributed by atoms with Gasteiger partial charge in [-0.15, -0.1) is 6.42 Å². The molecule has 18 heavy (non-hydrogen) atoms. The summed E-state index contributed by atoms with van der Waals surface area (Å²) in [6.07, 6.45) is 10.0. The molecule has 0 bridgehead atoms. The second-order valence-corrected chi connectivity index (χ2v) is 3.16. The Morgan fingerprint density at radius 2 is 1.17 bits per heavy atom. The number of hydrogen-bond donors (Lipinski definition) is 0. The summed E-state index contributed by atoms with van der Waals surface area (Å²) in [4.78, 5) is 0. The minimum atomic E-state index is 0. The Labute approximate surface area is 129 Å². The van der Waals surface area contributed by atoms with E-state index in [4.69, 9.17) is 0 Å². The summed E-state index contributed by atoms with van der Waals surface area (Å²) in [5, 5.41) is 0. The summed E-state index contributed by atoms with van der Waals surface area (Å²) >= 11 is 0. The molecule has 0 aliphatic heterocycles. The van der Waals surface area contributed by atoms with Gasteiger partial charge in [0.05, 0.1) is 0 Å². The zero-order valence-electron chi connectivity index (χ0n) is 10.2. The molecular weight excluding hydrogens is 295 g/mol. The third-order valence-electron chi connectivity index (χ3n) is 1.80. The summed E-state index contributed by atoms with van der Waals surface area (Å²) in [5.74, 6) is 0. The Morgan fingerprint density at radius 1 is 0.667 bits per heavy atom. The molecule has 1 radical (unpaired) electrons. The van der Waals surface area contributed by atoms with E-state index in [1.807, 2.05) is 72.8 Å². The summed E-state index contributed by atoms with van der Waals surface area (Å²) < 4.78 is 0. The smallest absolute Gasteiger partial charge is 0.273 e. The fraction of sp³-hybridized carbons (Fsp3) is 0.0588. The molecular formula is C17H15Zr. The Kier molecular flexibility index (Phi) is 12.9. The number of benzene rings is 2. The van der Waals surface area contributed by atoms with Crippen LogP contribution in [0.2, 0.25) is 0 Å². The van der Waals surface area contributed by atoms with Crippen LogP contribution in [-0.2, 0) is 26.2 Å². The molecule has 0 N–H and O–H groups in total. The molecule has 1 aliphatic rings. The Balaban J connectivity index is 0.000000235. The molecule has 2 aromatic rings. The fourth-order valence-corrected chi connectivity index (χ4v) is 1.02. The van der Waals surface area contributed by atoms with Gasteiger partial charge in [-0.25, -0.2) is 12.2 Å². The molecule has 0 fully saturated rings. The van der Waals surface area contributed by atoms with E-state index in [1.165, 1.54) is 0 Å². The van der Waals surface area contributed by atoms with Crippen LogP contribution in [0.1, 0.15) is 6.42 Å². The van der Waals surface area contributed by atoms with Crippen LogP contribution in [0.25, 0.3) is 0 Å². The van der Waals surface area contributed by atoms with Crippen molar-refractivity contribution in [1.29, 1.82) is 0 Å². The monoisotopic (exact) mass is 309 g/mol. The van der Waals surface area contributed by atoms with Gasteiger partial charge in [-0.3, -0.25) is 6.08 Å². The Morgan fingerprint density at radius 3 is 1.28 bits per heavy atom. The molecule has 3 rings (SSSR count). The molecule has 1 heteroatoms. The van der Waals surface area contributed by atoms with Crippen LogP contribution in [0.4, 0.5) is 0 Å².